The van der Waals surface area contributed by atoms with Gasteiger partial charge in [-0.15, -0.1) is 0 Å². The summed E-state index contributed by atoms with van der Waals surface area (Å²) in [5.74, 6) is -1.71. The average Bonchev–Trinajstić information content (AvgIpc) is 2.71. The summed E-state index contributed by atoms with van der Waals surface area (Å²) in [6.45, 7) is 0. The number of amides is 1. The van der Waals surface area contributed by atoms with E-state index in [0.29, 0.717) is 11.4 Å². The number of anilines is 1. The second kappa shape index (κ2) is 4.15. The molecule has 0 spiro atoms. The van der Waals surface area contributed by atoms with Gasteiger partial charge in [-0.05, 0) is 12.1 Å². The lowest BCUT2D eigenvalue weighted by atomic mass is 9.86. The summed E-state index contributed by atoms with van der Waals surface area (Å²) in [5.41, 5.74) is 0.553. The van der Waals surface area contributed by atoms with Crippen molar-refractivity contribution in [2.45, 2.75) is 12.3 Å². The Kier molecular flexibility index (Phi) is 2.58. The number of halogens is 2. The highest BCUT2D eigenvalue weighted by Gasteiger charge is 2.32. The molecule has 1 aromatic carbocycles. The number of aryl methyl sites for hydroxylation is 1. The van der Waals surface area contributed by atoms with Gasteiger partial charge in [0.1, 0.15) is 17.5 Å². The number of fused-ring (bicyclic) bond motifs is 1. The van der Waals surface area contributed by atoms with Crippen molar-refractivity contribution in [2.24, 2.45) is 7.05 Å². The third kappa shape index (κ3) is 1.80. The van der Waals surface area contributed by atoms with E-state index in [1.54, 1.807) is 7.05 Å². The van der Waals surface area contributed by atoms with Gasteiger partial charge < -0.3 is 5.32 Å². The van der Waals surface area contributed by atoms with Gasteiger partial charge in [0.25, 0.3) is 0 Å². The summed E-state index contributed by atoms with van der Waals surface area (Å²) in [4.78, 5) is 11.7. The minimum absolute atomic E-state index is 0.0105. The molecule has 0 saturated heterocycles. The van der Waals surface area contributed by atoms with Gasteiger partial charge >= 0.3 is 0 Å². The molecule has 0 unspecified atom stereocenters. The fourth-order valence-corrected chi connectivity index (χ4v) is 2.44. The average molecular weight is 263 g/mol. The molecule has 1 aliphatic heterocycles. The van der Waals surface area contributed by atoms with E-state index in [9.17, 15) is 13.6 Å². The Morgan fingerprint density at radius 3 is 2.74 bits per heavy atom. The van der Waals surface area contributed by atoms with E-state index in [0.717, 1.165) is 0 Å². The minimum Gasteiger partial charge on any atom is -0.311 e. The molecular formula is C13H11F2N3O. The standard InChI is InChI=1S/C13H11F2N3O/c1-18-13-8(6-16-18)7(5-11(19)17-13)12-9(14)3-2-4-10(12)15/h2-4,6-7H,5H2,1H3,(H,17,19)/t7-/m0/s1. The second-order valence-corrected chi connectivity index (χ2v) is 4.51. The van der Waals surface area contributed by atoms with Gasteiger partial charge in [-0.2, -0.15) is 5.10 Å². The van der Waals surface area contributed by atoms with Crippen LogP contribution < -0.4 is 5.32 Å². The van der Waals surface area contributed by atoms with Gasteiger partial charge in [-0.25, -0.2) is 8.78 Å². The van der Waals surface area contributed by atoms with Crippen LogP contribution in [0.5, 0.6) is 0 Å². The number of carbonyl (C=O) groups excluding carboxylic acids is 1. The van der Waals surface area contributed by atoms with Crippen molar-refractivity contribution < 1.29 is 13.6 Å². The molecule has 1 N–H and O–H groups in total. The van der Waals surface area contributed by atoms with Crippen molar-refractivity contribution in [3.63, 3.8) is 0 Å². The lowest BCUT2D eigenvalue weighted by Gasteiger charge is -2.23. The first kappa shape index (κ1) is 11.8. The quantitative estimate of drug-likeness (QED) is 0.857. The summed E-state index contributed by atoms with van der Waals surface area (Å²) in [5, 5.41) is 6.69. The van der Waals surface area contributed by atoms with Crippen LogP contribution in [-0.2, 0) is 11.8 Å². The Labute approximate surface area is 108 Å². The number of nitrogens with zero attached hydrogens (tertiary/aromatic N) is 2. The molecule has 2 aromatic rings. The van der Waals surface area contributed by atoms with Crippen LogP contribution in [0.1, 0.15) is 23.5 Å². The first-order valence-corrected chi connectivity index (χ1v) is 5.83. The van der Waals surface area contributed by atoms with Gasteiger partial charge in [0.2, 0.25) is 5.91 Å². The Morgan fingerprint density at radius 1 is 1.37 bits per heavy atom. The highest BCUT2D eigenvalue weighted by molar-refractivity contribution is 5.94. The zero-order valence-corrected chi connectivity index (χ0v) is 10.2. The lowest BCUT2D eigenvalue weighted by Crippen LogP contribution is -2.25. The first-order chi connectivity index (χ1) is 9.08. The molecule has 98 valence electrons. The Balaban J connectivity index is 2.18. The molecule has 3 rings (SSSR count). The third-order valence-corrected chi connectivity index (χ3v) is 3.34. The SMILES string of the molecule is Cn1ncc2c1NC(=O)C[C@@H]2c1c(F)cccc1F. The van der Waals surface area contributed by atoms with Crippen LogP contribution in [-0.4, -0.2) is 15.7 Å². The predicted molar refractivity (Wildman–Crippen MR) is 64.7 cm³/mol. The Bertz CT molecular complexity index is 646. The summed E-state index contributed by atoms with van der Waals surface area (Å²) >= 11 is 0. The summed E-state index contributed by atoms with van der Waals surface area (Å²) in [7, 11) is 1.67. The van der Waals surface area contributed by atoms with Crippen LogP contribution in [0, 0.1) is 11.6 Å². The molecule has 1 atom stereocenters. The van der Waals surface area contributed by atoms with Gasteiger partial charge in [0, 0.05) is 30.5 Å². The zero-order chi connectivity index (χ0) is 13.6. The van der Waals surface area contributed by atoms with E-state index in [2.05, 4.69) is 10.4 Å². The maximum atomic E-state index is 13.9. The van der Waals surface area contributed by atoms with E-state index in [4.69, 9.17) is 0 Å². The van der Waals surface area contributed by atoms with Crippen LogP contribution in [0.2, 0.25) is 0 Å². The maximum absolute atomic E-state index is 13.9. The molecule has 1 aliphatic rings. The number of carbonyl (C=O) groups is 1. The molecule has 6 heteroatoms. The van der Waals surface area contributed by atoms with Crippen molar-refractivity contribution in [3.8, 4) is 0 Å². The summed E-state index contributed by atoms with van der Waals surface area (Å²) < 4.78 is 29.2. The number of benzene rings is 1. The van der Waals surface area contributed by atoms with E-state index < -0.39 is 17.6 Å². The van der Waals surface area contributed by atoms with E-state index in [-0.39, 0.29) is 17.9 Å². The topological polar surface area (TPSA) is 46.9 Å². The summed E-state index contributed by atoms with van der Waals surface area (Å²) in [6.07, 6.45) is 1.54. The first-order valence-electron chi connectivity index (χ1n) is 5.83. The summed E-state index contributed by atoms with van der Waals surface area (Å²) in [6, 6.07) is 3.70. The van der Waals surface area contributed by atoms with Gasteiger partial charge in [-0.1, -0.05) is 6.07 Å². The van der Waals surface area contributed by atoms with Crippen LogP contribution >= 0.6 is 0 Å². The molecule has 0 bridgehead atoms. The lowest BCUT2D eigenvalue weighted by molar-refractivity contribution is -0.116. The van der Waals surface area contributed by atoms with Crippen molar-refractivity contribution in [2.75, 3.05) is 5.32 Å². The van der Waals surface area contributed by atoms with Gasteiger partial charge in [0.15, 0.2) is 0 Å². The molecular weight excluding hydrogens is 252 g/mol. The molecule has 0 saturated carbocycles. The van der Waals surface area contributed by atoms with Crippen molar-refractivity contribution in [1.82, 2.24) is 9.78 Å². The Morgan fingerprint density at radius 2 is 2.05 bits per heavy atom. The van der Waals surface area contributed by atoms with Crippen LogP contribution in [0.15, 0.2) is 24.4 Å². The molecule has 0 fully saturated rings. The Hall–Kier alpha value is -2.24. The van der Waals surface area contributed by atoms with Crippen LogP contribution in [0.25, 0.3) is 0 Å². The largest absolute Gasteiger partial charge is 0.311 e. The molecule has 0 radical (unpaired) electrons. The van der Waals surface area contributed by atoms with E-state index >= 15 is 0 Å². The van der Waals surface area contributed by atoms with Gasteiger partial charge in [0.05, 0.1) is 6.20 Å². The number of hydrogen-bond donors (Lipinski definition) is 1. The van der Waals surface area contributed by atoms with Crippen LogP contribution in [0.4, 0.5) is 14.6 Å². The number of rotatable bonds is 1. The zero-order valence-electron chi connectivity index (χ0n) is 10.2. The monoisotopic (exact) mass is 263 g/mol. The molecule has 0 aliphatic carbocycles. The molecule has 4 nitrogen and oxygen atoms in total. The van der Waals surface area contributed by atoms with Crippen molar-refractivity contribution in [1.29, 1.82) is 0 Å². The van der Waals surface area contributed by atoms with Gasteiger partial charge in [-0.3, -0.25) is 9.48 Å². The highest BCUT2D eigenvalue weighted by Crippen LogP contribution is 2.38. The molecule has 1 amide bonds. The fourth-order valence-electron chi connectivity index (χ4n) is 2.44. The van der Waals surface area contributed by atoms with Crippen LogP contribution in [0.3, 0.4) is 0 Å². The molecule has 1 aromatic heterocycles. The minimum atomic E-state index is -0.644. The normalized spacial score (nSPS) is 18.1. The van der Waals surface area contributed by atoms with E-state index in [1.165, 1.54) is 29.1 Å². The number of nitrogens with one attached hydrogen (secondary N) is 1. The van der Waals surface area contributed by atoms with E-state index in [1.807, 2.05) is 0 Å². The second-order valence-electron chi connectivity index (χ2n) is 4.51. The predicted octanol–water partition coefficient (Wildman–Crippen LogP) is 2.17. The molecule has 2 heterocycles. The number of hydrogen-bond acceptors (Lipinski definition) is 2. The highest BCUT2D eigenvalue weighted by atomic mass is 19.1. The maximum Gasteiger partial charge on any atom is 0.226 e. The fraction of sp³-hybridized carbons (Fsp3) is 0.231. The van der Waals surface area contributed by atoms with Crippen molar-refractivity contribution in [3.05, 3.63) is 47.2 Å². The number of aromatic nitrogens is 2. The smallest absolute Gasteiger partial charge is 0.226 e. The molecule has 19 heavy (non-hydrogen) atoms. The third-order valence-electron chi connectivity index (χ3n) is 3.34. The van der Waals surface area contributed by atoms with Crippen molar-refractivity contribution >= 4 is 11.7 Å².